The zero-order valence-electron chi connectivity index (χ0n) is 21.6. The van der Waals surface area contributed by atoms with Crippen molar-refractivity contribution >= 4 is 43.5 Å². The molecule has 202 valence electrons. The van der Waals surface area contributed by atoms with Gasteiger partial charge in [0.25, 0.3) is 0 Å². The molecule has 3 rings (SSSR count). The van der Waals surface area contributed by atoms with Crippen LogP contribution in [-0.4, -0.2) is 64.2 Å². The van der Waals surface area contributed by atoms with Crippen LogP contribution >= 0.6 is 15.9 Å². The van der Waals surface area contributed by atoms with E-state index >= 15 is 0 Å². The van der Waals surface area contributed by atoms with E-state index in [9.17, 15) is 18.0 Å². The maximum atomic E-state index is 13.7. The summed E-state index contributed by atoms with van der Waals surface area (Å²) in [6.45, 7) is 1.31. The number of halogens is 1. The molecule has 0 spiro atoms. The van der Waals surface area contributed by atoms with Crippen molar-refractivity contribution in [1.82, 2.24) is 10.2 Å². The number of hydrogen-bond acceptors (Lipinski definition) is 6. The molecule has 0 saturated heterocycles. The Kier molecular flexibility index (Phi) is 9.83. The highest BCUT2D eigenvalue weighted by molar-refractivity contribution is 9.10. The van der Waals surface area contributed by atoms with Gasteiger partial charge in [-0.2, -0.15) is 0 Å². The highest BCUT2D eigenvalue weighted by atomic mass is 79.9. The van der Waals surface area contributed by atoms with Crippen molar-refractivity contribution in [1.29, 1.82) is 0 Å². The lowest BCUT2D eigenvalue weighted by Gasteiger charge is -2.32. The van der Waals surface area contributed by atoms with Crippen molar-refractivity contribution in [3.63, 3.8) is 0 Å². The largest absolute Gasteiger partial charge is 0.497 e. The van der Waals surface area contributed by atoms with E-state index < -0.39 is 28.5 Å². The van der Waals surface area contributed by atoms with Crippen LogP contribution in [0.15, 0.2) is 46.9 Å². The summed E-state index contributed by atoms with van der Waals surface area (Å²) in [5, 5.41) is 3.05. The Morgan fingerprint density at radius 3 is 2.30 bits per heavy atom. The standard InChI is InChI=1S/C26H34BrN3O6S/c1-18(26(32)28-21-7-5-6-8-21)29(16-19-9-11-20(27)12-10-19)25(31)17-30(37(4,33)34)23-14-13-22(35-2)15-24(23)36-3/h9-15,18,21H,5-8,16-17H2,1-4H3,(H,28,32). The monoisotopic (exact) mass is 595 g/mol. The van der Waals surface area contributed by atoms with Gasteiger partial charge in [0.05, 0.1) is 26.2 Å². The minimum Gasteiger partial charge on any atom is -0.497 e. The number of benzene rings is 2. The summed E-state index contributed by atoms with van der Waals surface area (Å²) >= 11 is 3.41. The molecule has 1 aliphatic rings. The van der Waals surface area contributed by atoms with Gasteiger partial charge in [-0.05, 0) is 49.6 Å². The molecule has 2 aromatic rings. The molecule has 0 radical (unpaired) electrons. The number of anilines is 1. The molecule has 0 bridgehead atoms. The Hall–Kier alpha value is -2.79. The fraction of sp³-hybridized carbons (Fsp3) is 0.462. The Morgan fingerprint density at radius 1 is 1.08 bits per heavy atom. The minimum atomic E-state index is -3.88. The molecule has 1 aliphatic carbocycles. The fourth-order valence-electron chi connectivity index (χ4n) is 4.35. The van der Waals surface area contributed by atoms with Crippen molar-refractivity contribution in [3.05, 3.63) is 52.5 Å². The zero-order valence-corrected chi connectivity index (χ0v) is 24.0. The van der Waals surface area contributed by atoms with E-state index in [0.29, 0.717) is 5.75 Å². The SMILES string of the molecule is COc1ccc(N(CC(=O)N(Cc2ccc(Br)cc2)C(C)C(=O)NC2CCCC2)S(C)(=O)=O)c(OC)c1. The third-order valence-corrected chi connectivity index (χ3v) is 8.12. The quantitative estimate of drug-likeness (QED) is 0.424. The van der Waals surface area contributed by atoms with Crippen LogP contribution in [0.5, 0.6) is 11.5 Å². The summed E-state index contributed by atoms with van der Waals surface area (Å²) in [4.78, 5) is 28.3. The van der Waals surface area contributed by atoms with Crippen LogP contribution < -0.4 is 19.1 Å². The average molecular weight is 597 g/mol. The summed E-state index contributed by atoms with van der Waals surface area (Å²) in [5.74, 6) is -0.0518. The van der Waals surface area contributed by atoms with Crippen molar-refractivity contribution < 1.29 is 27.5 Å². The molecule has 2 aromatic carbocycles. The molecule has 1 atom stereocenters. The van der Waals surface area contributed by atoms with Gasteiger partial charge in [0.15, 0.2) is 0 Å². The number of hydrogen-bond donors (Lipinski definition) is 1. The molecule has 2 amide bonds. The first-order valence-corrected chi connectivity index (χ1v) is 14.7. The van der Waals surface area contributed by atoms with Gasteiger partial charge in [0, 0.05) is 23.1 Å². The van der Waals surface area contributed by atoms with Gasteiger partial charge in [-0.15, -0.1) is 0 Å². The number of sulfonamides is 1. The van der Waals surface area contributed by atoms with Gasteiger partial charge < -0.3 is 19.7 Å². The lowest BCUT2D eigenvalue weighted by molar-refractivity contribution is -0.139. The molecule has 11 heteroatoms. The summed E-state index contributed by atoms with van der Waals surface area (Å²) in [7, 11) is -0.981. The maximum absolute atomic E-state index is 13.7. The topological polar surface area (TPSA) is 105 Å². The number of nitrogens with one attached hydrogen (secondary N) is 1. The molecule has 37 heavy (non-hydrogen) atoms. The van der Waals surface area contributed by atoms with E-state index in [0.717, 1.165) is 46.3 Å². The van der Waals surface area contributed by atoms with Crippen molar-refractivity contribution in [2.45, 2.75) is 51.2 Å². The third kappa shape index (κ3) is 7.61. The van der Waals surface area contributed by atoms with Crippen LogP contribution in [0, 0.1) is 0 Å². The Balaban J connectivity index is 1.92. The number of rotatable bonds is 11. The third-order valence-electron chi connectivity index (χ3n) is 6.47. The van der Waals surface area contributed by atoms with Crippen molar-refractivity contribution in [2.24, 2.45) is 0 Å². The van der Waals surface area contributed by atoms with Gasteiger partial charge in [-0.3, -0.25) is 13.9 Å². The smallest absolute Gasteiger partial charge is 0.244 e. The predicted octanol–water partition coefficient (Wildman–Crippen LogP) is 3.71. The van der Waals surface area contributed by atoms with Gasteiger partial charge in [0.2, 0.25) is 21.8 Å². The fourth-order valence-corrected chi connectivity index (χ4v) is 5.46. The molecule has 0 aromatic heterocycles. The van der Waals surface area contributed by atoms with Gasteiger partial charge in [0.1, 0.15) is 24.1 Å². The number of carbonyl (C=O) groups excluding carboxylic acids is 2. The van der Waals surface area contributed by atoms with Crippen LogP contribution in [0.25, 0.3) is 0 Å². The van der Waals surface area contributed by atoms with Crippen LogP contribution in [0.4, 0.5) is 5.69 Å². The lowest BCUT2D eigenvalue weighted by Crippen LogP contribution is -2.52. The minimum absolute atomic E-state index is 0.0932. The second-order valence-corrected chi connectivity index (χ2v) is 11.9. The van der Waals surface area contributed by atoms with E-state index in [2.05, 4.69) is 21.2 Å². The molecule has 1 fully saturated rings. The Labute approximate surface area is 227 Å². The number of methoxy groups -OCH3 is 2. The summed E-state index contributed by atoms with van der Waals surface area (Å²) in [5.41, 5.74) is 1.01. The molecule has 0 aliphatic heterocycles. The average Bonchev–Trinajstić information content (AvgIpc) is 3.38. The normalized spacial score (nSPS) is 14.6. The van der Waals surface area contributed by atoms with Crippen LogP contribution in [0.3, 0.4) is 0 Å². The van der Waals surface area contributed by atoms with Gasteiger partial charge in [-0.25, -0.2) is 8.42 Å². The Bertz CT molecular complexity index is 1200. The van der Waals surface area contributed by atoms with Crippen molar-refractivity contribution in [3.8, 4) is 11.5 Å². The van der Waals surface area contributed by atoms with Crippen molar-refractivity contribution in [2.75, 3.05) is 31.3 Å². The first-order chi connectivity index (χ1) is 17.5. The summed E-state index contributed by atoms with van der Waals surface area (Å²) < 4.78 is 38.1. The number of ether oxygens (including phenoxy) is 2. The second kappa shape index (κ2) is 12.6. The molecule has 1 unspecified atom stereocenters. The van der Waals surface area contributed by atoms with Gasteiger partial charge in [-0.1, -0.05) is 40.9 Å². The van der Waals surface area contributed by atoms with E-state index in [4.69, 9.17) is 9.47 Å². The number of amides is 2. The van der Waals surface area contributed by atoms with E-state index in [1.54, 1.807) is 19.1 Å². The maximum Gasteiger partial charge on any atom is 0.244 e. The lowest BCUT2D eigenvalue weighted by atomic mass is 10.1. The first kappa shape index (κ1) is 28.8. The van der Waals surface area contributed by atoms with E-state index in [1.165, 1.54) is 25.2 Å². The first-order valence-electron chi connectivity index (χ1n) is 12.1. The molecule has 0 heterocycles. The zero-order chi connectivity index (χ0) is 27.2. The van der Waals surface area contributed by atoms with E-state index in [-0.39, 0.29) is 29.9 Å². The summed E-state index contributed by atoms with van der Waals surface area (Å²) in [6.07, 6.45) is 4.98. The molecule has 1 saturated carbocycles. The van der Waals surface area contributed by atoms with Gasteiger partial charge >= 0.3 is 0 Å². The van der Waals surface area contributed by atoms with Crippen LogP contribution in [0.2, 0.25) is 0 Å². The van der Waals surface area contributed by atoms with Crippen LogP contribution in [-0.2, 0) is 26.2 Å². The molecular formula is C26H34BrN3O6S. The number of carbonyl (C=O) groups is 2. The Morgan fingerprint density at radius 2 is 1.73 bits per heavy atom. The molecule has 1 N–H and O–H groups in total. The predicted molar refractivity (Wildman–Crippen MR) is 146 cm³/mol. The highest BCUT2D eigenvalue weighted by Crippen LogP contribution is 2.33. The van der Waals surface area contributed by atoms with E-state index in [1.807, 2.05) is 24.3 Å². The second-order valence-electron chi connectivity index (χ2n) is 9.12. The number of nitrogens with zero attached hydrogens (tertiary/aromatic N) is 2. The highest BCUT2D eigenvalue weighted by Gasteiger charge is 2.32. The summed E-state index contributed by atoms with van der Waals surface area (Å²) in [6, 6.07) is 11.4. The van der Waals surface area contributed by atoms with Crippen LogP contribution in [0.1, 0.15) is 38.2 Å². The molecular weight excluding hydrogens is 562 g/mol. The molecule has 9 nitrogen and oxygen atoms in total.